The van der Waals surface area contributed by atoms with Gasteiger partial charge in [0.25, 0.3) is 0 Å². The first-order valence-electron chi connectivity index (χ1n) is 6.24. The number of para-hydroxylation sites is 1. The summed E-state index contributed by atoms with van der Waals surface area (Å²) < 4.78 is 0. The SMILES string of the molecule is Cc1cc(C)cc(N(C)C(=S)Nc2ccccc2)c1. The van der Waals surface area contributed by atoms with Crippen molar-refractivity contribution in [1.82, 2.24) is 0 Å². The van der Waals surface area contributed by atoms with E-state index in [1.807, 2.05) is 42.3 Å². The fourth-order valence-electron chi connectivity index (χ4n) is 1.99. The number of nitrogens with zero attached hydrogens (tertiary/aromatic N) is 1. The largest absolute Gasteiger partial charge is 0.332 e. The molecule has 0 fully saturated rings. The van der Waals surface area contributed by atoms with Gasteiger partial charge in [-0.05, 0) is 61.5 Å². The smallest absolute Gasteiger partial charge is 0.177 e. The first-order chi connectivity index (χ1) is 9.06. The summed E-state index contributed by atoms with van der Waals surface area (Å²) in [5.41, 5.74) is 4.59. The molecule has 98 valence electrons. The van der Waals surface area contributed by atoms with Crippen molar-refractivity contribution >= 4 is 28.7 Å². The van der Waals surface area contributed by atoms with Gasteiger partial charge in [-0.15, -0.1) is 0 Å². The Bertz CT molecular complexity index is 558. The van der Waals surface area contributed by atoms with Crippen molar-refractivity contribution in [3.05, 3.63) is 59.7 Å². The number of hydrogen-bond donors (Lipinski definition) is 1. The van der Waals surface area contributed by atoms with E-state index in [4.69, 9.17) is 12.2 Å². The average molecular weight is 270 g/mol. The topological polar surface area (TPSA) is 15.3 Å². The molecule has 2 nitrogen and oxygen atoms in total. The molecule has 19 heavy (non-hydrogen) atoms. The van der Waals surface area contributed by atoms with Crippen LogP contribution in [0.3, 0.4) is 0 Å². The lowest BCUT2D eigenvalue weighted by molar-refractivity contribution is 1.25. The summed E-state index contributed by atoms with van der Waals surface area (Å²) in [6.45, 7) is 4.19. The molecule has 0 aliphatic carbocycles. The molecule has 0 saturated heterocycles. The van der Waals surface area contributed by atoms with Crippen LogP contribution in [0.1, 0.15) is 11.1 Å². The number of thiocarbonyl (C=S) groups is 1. The Balaban J connectivity index is 2.15. The Morgan fingerprint density at radius 1 is 1.00 bits per heavy atom. The fraction of sp³-hybridized carbons (Fsp3) is 0.188. The molecule has 2 rings (SSSR count). The van der Waals surface area contributed by atoms with E-state index in [-0.39, 0.29) is 0 Å². The highest BCUT2D eigenvalue weighted by atomic mass is 32.1. The van der Waals surface area contributed by atoms with Crippen LogP contribution >= 0.6 is 12.2 Å². The fourth-order valence-corrected chi connectivity index (χ4v) is 2.21. The van der Waals surface area contributed by atoms with E-state index in [1.165, 1.54) is 11.1 Å². The molecule has 2 aromatic rings. The number of anilines is 2. The van der Waals surface area contributed by atoms with Gasteiger partial charge in [-0.2, -0.15) is 0 Å². The number of nitrogens with one attached hydrogen (secondary N) is 1. The van der Waals surface area contributed by atoms with Gasteiger partial charge in [0.05, 0.1) is 0 Å². The van der Waals surface area contributed by atoms with Crippen LogP contribution in [0.4, 0.5) is 11.4 Å². The van der Waals surface area contributed by atoms with Crippen LogP contribution in [0.25, 0.3) is 0 Å². The second-order valence-corrected chi connectivity index (χ2v) is 5.09. The molecular weight excluding hydrogens is 252 g/mol. The Hall–Kier alpha value is -1.87. The molecule has 2 aromatic carbocycles. The number of benzene rings is 2. The lowest BCUT2D eigenvalue weighted by Gasteiger charge is -2.22. The standard InChI is InChI=1S/C16H18N2S/c1-12-9-13(2)11-15(10-12)18(3)16(19)17-14-7-5-4-6-8-14/h4-11H,1-3H3,(H,17,19). The van der Waals surface area contributed by atoms with E-state index < -0.39 is 0 Å². The zero-order valence-corrected chi connectivity index (χ0v) is 12.3. The van der Waals surface area contributed by atoms with Crippen LogP contribution in [0.15, 0.2) is 48.5 Å². The summed E-state index contributed by atoms with van der Waals surface area (Å²) in [5, 5.41) is 3.93. The summed E-state index contributed by atoms with van der Waals surface area (Å²) in [7, 11) is 1.98. The minimum atomic E-state index is 0.691. The van der Waals surface area contributed by atoms with Crippen LogP contribution in [-0.2, 0) is 0 Å². The molecule has 1 N–H and O–H groups in total. The van der Waals surface area contributed by atoms with Gasteiger partial charge in [0.1, 0.15) is 0 Å². The highest BCUT2D eigenvalue weighted by Crippen LogP contribution is 2.18. The van der Waals surface area contributed by atoms with Crippen molar-refractivity contribution in [3.8, 4) is 0 Å². The van der Waals surface area contributed by atoms with Gasteiger partial charge in [0, 0.05) is 18.4 Å². The maximum Gasteiger partial charge on any atom is 0.177 e. The Morgan fingerprint density at radius 3 is 2.16 bits per heavy atom. The number of aryl methyl sites for hydroxylation is 2. The summed E-state index contributed by atoms with van der Waals surface area (Å²) in [4.78, 5) is 1.99. The minimum absolute atomic E-state index is 0.691. The van der Waals surface area contributed by atoms with E-state index in [0.29, 0.717) is 5.11 Å². The lowest BCUT2D eigenvalue weighted by Crippen LogP contribution is -2.30. The molecule has 0 spiro atoms. The monoisotopic (exact) mass is 270 g/mol. The van der Waals surface area contributed by atoms with E-state index in [2.05, 4.69) is 37.4 Å². The van der Waals surface area contributed by atoms with Gasteiger partial charge in [0.2, 0.25) is 0 Å². The quantitative estimate of drug-likeness (QED) is 0.826. The van der Waals surface area contributed by atoms with Crippen molar-refractivity contribution in [2.45, 2.75) is 13.8 Å². The third-order valence-electron chi connectivity index (χ3n) is 2.92. The van der Waals surface area contributed by atoms with Crippen LogP contribution < -0.4 is 10.2 Å². The Labute approximate surface area is 120 Å². The molecule has 0 heterocycles. The summed E-state index contributed by atoms with van der Waals surface area (Å²) in [6.07, 6.45) is 0. The molecule has 0 unspecified atom stereocenters. The van der Waals surface area contributed by atoms with Crippen molar-refractivity contribution in [1.29, 1.82) is 0 Å². The van der Waals surface area contributed by atoms with Gasteiger partial charge < -0.3 is 10.2 Å². The van der Waals surface area contributed by atoms with Crippen LogP contribution in [0, 0.1) is 13.8 Å². The summed E-state index contributed by atoms with van der Waals surface area (Å²) >= 11 is 5.44. The van der Waals surface area contributed by atoms with Gasteiger partial charge in [0.15, 0.2) is 5.11 Å². The van der Waals surface area contributed by atoms with Gasteiger partial charge in [-0.3, -0.25) is 0 Å². The molecular formula is C16H18N2S. The lowest BCUT2D eigenvalue weighted by atomic mass is 10.1. The zero-order chi connectivity index (χ0) is 13.8. The van der Waals surface area contributed by atoms with E-state index in [0.717, 1.165) is 11.4 Å². The molecule has 0 bridgehead atoms. The Morgan fingerprint density at radius 2 is 1.58 bits per heavy atom. The average Bonchev–Trinajstić information content (AvgIpc) is 2.37. The van der Waals surface area contributed by atoms with Crippen LogP contribution in [0.5, 0.6) is 0 Å². The third kappa shape index (κ3) is 3.55. The molecule has 0 atom stereocenters. The van der Waals surface area contributed by atoms with Crippen molar-refractivity contribution in [3.63, 3.8) is 0 Å². The minimum Gasteiger partial charge on any atom is -0.332 e. The second-order valence-electron chi connectivity index (χ2n) is 4.70. The zero-order valence-electron chi connectivity index (χ0n) is 11.5. The summed E-state index contributed by atoms with van der Waals surface area (Å²) in [5.74, 6) is 0. The third-order valence-corrected chi connectivity index (χ3v) is 3.30. The van der Waals surface area contributed by atoms with Crippen LogP contribution in [-0.4, -0.2) is 12.2 Å². The summed E-state index contributed by atoms with van der Waals surface area (Å²) in [6, 6.07) is 16.4. The molecule has 0 aromatic heterocycles. The van der Waals surface area contributed by atoms with Crippen molar-refractivity contribution in [2.75, 3.05) is 17.3 Å². The molecule has 0 aliphatic heterocycles. The number of rotatable bonds is 2. The van der Waals surface area contributed by atoms with E-state index >= 15 is 0 Å². The highest BCUT2D eigenvalue weighted by molar-refractivity contribution is 7.80. The predicted octanol–water partition coefficient (Wildman–Crippen LogP) is 4.14. The molecule has 0 radical (unpaired) electrons. The number of hydrogen-bond acceptors (Lipinski definition) is 1. The van der Waals surface area contributed by atoms with E-state index in [1.54, 1.807) is 0 Å². The molecule has 0 amide bonds. The maximum absolute atomic E-state index is 5.44. The van der Waals surface area contributed by atoms with Gasteiger partial charge in [-0.25, -0.2) is 0 Å². The van der Waals surface area contributed by atoms with Gasteiger partial charge in [-0.1, -0.05) is 24.3 Å². The molecule has 0 saturated carbocycles. The first-order valence-corrected chi connectivity index (χ1v) is 6.65. The van der Waals surface area contributed by atoms with Crippen molar-refractivity contribution < 1.29 is 0 Å². The Kier molecular flexibility index (Phi) is 4.17. The van der Waals surface area contributed by atoms with E-state index in [9.17, 15) is 0 Å². The normalized spacial score (nSPS) is 10.1. The van der Waals surface area contributed by atoms with Gasteiger partial charge >= 0.3 is 0 Å². The molecule has 3 heteroatoms. The maximum atomic E-state index is 5.44. The second kappa shape index (κ2) is 5.85. The van der Waals surface area contributed by atoms with Crippen molar-refractivity contribution in [2.24, 2.45) is 0 Å². The first kappa shape index (κ1) is 13.6. The molecule has 0 aliphatic rings. The highest BCUT2D eigenvalue weighted by Gasteiger charge is 2.07. The van der Waals surface area contributed by atoms with Crippen LogP contribution in [0.2, 0.25) is 0 Å². The predicted molar refractivity (Wildman–Crippen MR) is 87.0 cm³/mol.